The number of thioether (sulfide) groups is 1. The molecule has 0 aliphatic carbocycles. The summed E-state index contributed by atoms with van der Waals surface area (Å²) in [7, 11) is 0. The molecule has 3 rings (SSSR count). The molecule has 1 spiro atoms. The zero-order valence-corrected chi connectivity index (χ0v) is 7.43. The van der Waals surface area contributed by atoms with Gasteiger partial charge in [-0.2, -0.15) is 11.8 Å². The zero-order chi connectivity index (χ0) is 8.18. The summed E-state index contributed by atoms with van der Waals surface area (Å²) < 4.78 is 10.1. The summed E-state index contributed by atoms with van der Waals surface area (Å²) in [6.45, 7) is 0.486. The molecule has 3 nitrogen and oxygen atoms in total. The van der Waals surface area contributed by atoms with Crippen molar-refractivity contribution in [1.82, 2.24) is 0 Å². The van der Waals surface area contributed by atoms with Gasteiger partial charge in [0.25, 0.3) is 0 Å². The second-order valence-corrected chi connectivity index (χ2v) is 5.24. The number of rotatable bonds is 0. The van der Waals surface area contributed by atoms with Crippen LogP contribution in [-0.4, -0.2) is 28.9 Å². The number of hydrogen-bond donors (Lipinski definition) is 0. The molecule has 3 aliphatic rings. The SMILES string of the molecule is O=C1OCC2(CC3CCC2S3)O1. The van der Waals surface area contributed by atoms with Gasteiger partial charge in [-0.3, -0.25) is 0 Å². The third-order valence-corrected chi connectivity index (χ3v) is 4.77. The molecular formula is C8H10O3S. The molecule has 0 amide bonds. The van der Waals surface area contributed by atoms with E-state index in [0.29, 0.717) is 17.1 Å². The fourth-order valence-corrected chi connectivity index (χ4v) is 4.27. The van der Waals surface area contributed by atoms with E-state index in [-0.39, 0.29) is 5.60 Å². The molecule has 0 N–H and O–H groups in total. The van der Waals surface area contributed by atoms with Crippen molar-refractivity contribution in [3.63, 3.8) is 0 Å². The van der Waals surface area contributed by atoms with Gasteiger partial charge in [0.15, 0.2) is 5.60 Å². The molecule has 0 aromatic heterocycles. The van der Waals surface area contributed by atoms with Crippen molar-refractivity contribution < 1.29 is 14.3 Å². The van der Waals surface area contributed by atoms with Crippen molar-refractivity contribution in [1.29, 1.82) is 0 Å². The van der Waals surface area contributed by atoms with E-state index >= 15 is 0 Å². The topological polar surface area (TPSA) is 35.5 Å². The standard InChI is InChI=1S/C8H10O3S/c9-7-10-4-8(11-7)3-5-1-2-6(8)12-5/h5-6H,1-4H2. The summed E-state index contributed by atoms with van der Waals surface area (Å²) >= 11 is 1.97. The lowest BCUT2D eigenvalue weighted by atomic mass is 9.86. The molecule has 3 aliphatic heterocycles. The lowest BCUT2D eigenvalue weighted by Crippen LogP contribution is -2.41. The van der Waals surface area contributed by atoms with E-state index in [9.17, 15) is 4.79 Å². The number of fused-ring (bicyclic) bond motifs is 3. The molecule has 0 aromatic rings. The number of cyclic esters (lactones) is 1. The molecule has 3 unspecified atom stereocenters. The van der Waals surface area contributed by atoms with Crippen molar-refractivity contribution >= 4 is 17.9 Å². The Morgan fingerprint density at radius 2 is 2.42 bits per heavy atom. The maximum absolute atomic E-state index is 10.8. The van der Waals surface area contributed by atoms with E-state index in [2.05, 4.69) is 0 Å². The molecule has 2 bridgehead atoms. The Hall–Kier alpha value is -0.380. The molecule has 3 fully saturated rings. The van der Waals surface area contributed by atoms with Crippen LogP contribution in [-0.2, 0) is 9.47 Å². The van der Waals surface area contributed by atoms with Crippen molar-refractivity contribution in [3.8, 4) is 0 Å². The van der Waals surface area contributed by atoms with Gasteiger partial charge in [0, 0.05) is 16.9 Å². The van der Waals surface area contributed by atoms with Gasteiger partial charge in [-0.15, -0.1) is 0 Å². The Bertz CT molecular complexity index is 242. The van der Waals surface area contributed by atoms with E-state index in [1.807, 2.05) is 11.8 Å². The van der Waals surface area contributed by atoms with E-state index in [1.54, 1.807) is 0 Å². The highest BCUT2D eigenvalue weighted by Crippen LogP contribution is 2.54. The van der Waals surface area contributed by atoms with Crippen molar-refractivity contribution in [2.45, 2.75) is 35.4 Å². The minimum absolute atomic E-state index is 0.231. The molecule has 66 valence electrons. The highest BCUT2D eigenvalue weighted by atomic mass is 32.2. The first-order valence-electron chi connectivity index (χ1n) is 4.30. The third kappa shape index (κ3) is 0.762. The maximum Gasteiger partial charge on any atom is 0.509 e. The first-order valence-corrected chi connectivity index (χ1v) is 5.24. The van der Waals surface area contributed by atoms with E-state index in [0.717, 1.165) is 6.42 Å². The van der Waals surface area contributed by atoms with Gasteiger partial charge in [0.1, 0.15) is 6.61 Å². The van der Waals surface area contributed by atoms with Crippen LogP contribution in [0.15, 0.2) is 0 Å². The van der Waals surface area contributed by atoms with Gasteiger partial charge in [-0.1, -0.05) is 0 Å². The number of carbonyl (C=O) groups is 1. The van der Waals surface area contributed by atoms with Crippen LogP contribution in [0.25, 0.3) is 0 Å². The third-order valence-electron chi connectivity index (χ3n) is 2.99. The molecule has 0 aromatic carbocycles. The fraction of sp³-hybridized carbons (Fsp3) is 0.875. The Kier molecular flexibility index (Phi) is 1.24. The first kappa shape index (κ1) is 7.06. The Morgan fingerprint density at radius 3 is 2.92 bits per heavy atom. The summed E-state index contributed by atoms with van der Waals surface area (Å²) in [4.78, 5) is 10.8. The predicted octanol–water partition coefficient (Wildman–Crippen LogP) is 1.56. The molecule has 3 saturated heterocycles. The zero-order valence-electron chi connectivity index (χ0n) is 6.62. The second-order valence-electron chi connectivity index (χ2n) is 3.73. The lowest BCUT2D eigenvalue weighted by Gasteiger charge is -2.27. The Morgan fingerprint density at radius 1 is 1.50 bits per heavy atom. The molecule has 0 saturated carbocycles. The average Bonchev–Trinajstić information content (AvgIpc) is 2.67. The smallest absolute Gasteiger partial charge is 0.430 e. The van der Waals surface area contributed by atoms with Crippen molar-refractivity contribution in [2.24, 2.45) is 0 Å². The molecule has 3 atom stereocenters. The molecule has 0 radical (unpaired) electrons. The van der Waals surface area contributed by atoms with Crippen LogP contribution in [0.4, 0.5) is 4.79 Å². The average molecular weight is 186 g/mol. The van der Waals surface area contributed by atoms with E-state index in [1.165, 1.54) is 12.8 Å². The quantitative estimate of drug-likeness (QED) is 0.538. The minimum atomic E-state index is -0.469. The van der Waals surface area contributed by atoms with Crippen LogP contribution in [0.1, 0.15) is 19.3 Å². The molecule has 3 heterocycles. The Balaban J connectivity index is 1.88. The highest BCUT2D eigenvalue weighted by molar-refractivity contribution is 8.01. The van der Waals surface area contributed by atoms with Gasteiger partial charge < -0.3 is 9.47 Å². The summed E-state index contributed by atoms with van der Waals surface area (Å²) in [5.41, 5.74) is -0.231. The summed E-state index contributed by atoms with van der Waals surface area (Å²) in [6.07, 6.45) is 3.01. The number of carbonyl (C=O) groups excluding carboxylic acids is 1. The van der Waals surface area contributed by atoms with Crippen LogP contribution in [0.3, 0.4) is 0 Å². The number of ether oxygens (including phenoxy) is 2. The van der Waals surface area contributed by atoms with Gasteiger partial charge in [-0.25, -0.2) is 4.79 Å². The van der Waals surface area contributed by atoms with Crippen LogP contribution in [0.2, 0.25) is 0 Å². The fourth-order valence-electron chi connectivity index (χ4n) is 2.42. The van der Waals surface area contributed by atoms with Crippen LogP contribution in [0, 0.1) is 0 Å². The van der Waals surface area contributed by atoms with Crippen LogP contribution < -0.4 is 0 Å². The molecule has 12 heavy (non-hydrogen) atoms. The van der Waals surface area contributed by atoms with Gasteiger partial charge in [0.2, 0.25) is 0 Å². The Labute approximate surface area is 74.8 Å². The van der Waals surface area contributed by atoms with Crippen molar-refractivity contribution in [2.75, 3.05) is 6.61 Å². The molecule has 4 heteroatoms. The van der Waals surface area contributed by atoms with Crippen LogP contribution >= 0.6 is 11.8 Å². The van der Waals surface area contributed by atoms with Gasteiger partial charge in [-0.05, 0) is 12.8 Å². The largest absolute Gasteiger partial charge is 0.509 e. The maximum atomic E-state index is 10.8. The summed E-state index contributed by atoms with van der Waals surface area (Å²) in [5, 5.41) is 1.22. The highest BCUT2D eigenvalue weighted by Gasteiger charge is 2.58. The predicted molar refractivity (Wildman–Crippen MR) is 44.2 cm³/mol. The normalized spacial score (nSPS) is 49.8. The second kappa shape index (κ2) is 2.10. The first-order chi connectivity index (χ1) is 5.78. The van der Waals surface area contributed by atoms with Crippen LogP contribution in [0.5, 0.6) is 0 Å². The molecular weight excluding hydrogens is 176 g/mol. The van der Waals surface area contributed by atoms with Gasteiger partial charge >= 0.3 is 6.16 Å². The van der Waals surface area contributed by atoms with Crippen molar-refractivity contribution in [3.05, 3.63) is 0 Å². The summed E-state index contributed by atoms with van der Waals surface area (Å²) in [6, 6.07) is 0. The minimum Gasteiger partial charge on any atom is -0.430 e. The number of hydrogen-bond acceptors (Lipinski definition) is 4. The monoisotopic (exact) mass is 186 g/mol. The summed E-state index contributed by atoms with van der Waals surface area (Å²) in [5.74, 6) is 0. The van der Waals surface area contributed by atoms with E-state index in [4.69, 9.17) is 9.47 Å². The van der Waals surface area contributed by atoms with Gasteiger partial charge in [0.05, 0.1) is 0 Å². The van der Waals surface area contributed by atoms with E-state index < -0.39 is 6.16 Å². The lowest BCUT2D eigenvalue weighted by molar-refractivity contribution is 0.0430.